The van der Waals surface area contributed by atoms with Gasteiger partial charge in [0.05, 0.1) is 11.2 Å². The van der Waals surface area contributed by atoms with Crippen LogP contribution in [0, 0.1) is 0 Å². The van der Waals surface area contributed by atoms with Crippen molar-refractivity contribution in [1.82, 2.24) is 9.78 Å². The molecule has 1 aromatic carbocycles. The number of hydrogen-bond donors (Lipinski definition) is 0. The summed E-state index contributed by atoms with van der Waals surface area (Å²) in [6, 6.07) is 6.70. The SMILES string of the molecule is CC.CC(C)c1ccc2c(C(C)C)nn(C)c2c1. The Hall–Kier alpha value is -1.31. The highest BCUT2D eigenvalue weighted by Crippen LogP contribution is 2.27. The van der Waals surface area contributed by atoms with Gasteiger partial charge < -0.3 is 0 Å². The summed E-state index contributed by atoms with van der Waals surface area (Å²) in [5.41, 5.74) is 3.83. The Kier molecular flexibility index (Phi) is 4.94. The maximum absolute atomic E-state index is 4.61. The fourth-order valence-corrected chi connectivity index (χ4v) is 2.09. The van der Waals surface area contributed by atoms with Gasteiger partial charge in [-0.3, -0.25) is 4.68 Å². The second kappa shape index (κ2) is 6.03. The lowest BCUT2D eigenvalue weighted by Crippen LogP contribution is -1.93. The molecule has 2 nitrogen and oxygen atoms in total. The van der Waals surface area contributed by atoms with Gasteiger partial charge in [-0.05, 0) is 23.5 Å². The molecule has 18 heavy (non-hydrogen) atoms. The van der Waals surface area contributed by atoms with E-state index in [1.54, 1.807) is 0 Å². The highest BCUT2D eigenvalue weighted by Gasteiger charge is 2.12. The van der Waals surface area contributed by atoms with Gasteiger partial charge in [0.15, 0.2) is 0 Å². The molecule has 0 fully saturated rings. The first kappa shape index (κ1) is 14.7. The van der Waals surface area contributed by atoms with Crippen LogP contribution in [-0.4, -0.2) is 9.78 Å². The molecule has 0 aliphatic rings. The molecule has 0 radical (unpaired) electrons. The average Bonchev–Trinajstić information content (AvgIpc) is 2.69. The molecule has 0 aliphatic carbocycles. The first-order valence-electron chi connectivity index (χ1n) is 6.97. The Balaban J connectivity index is 0.000000771. The van der Waals surface area contributed by atoms with E-state index in [0.29, 0.717) is 11.8 Å². The van der Waals surface area contributed by atoms with E-state index in [2.05, 4.69) is 51.0 Å². The van der Waals surface area contributed by atoms with Gasteiger partial charge in [0.2, 0.25) is 0 Å². The topological polar surface area (TPSA) is 17.8 Å². The Labute approximate surface area is 111 Å². The first-order valence-corrected chi connectivity index (χ1v) is 6.97. The first-order chi connectivity index (χ1) is 8.50. The summed E-state index contributed by atoms with van der Waals surface area (Å²) in [6.07, 6.45) is 0. The van der Waals surface area contributed by atoms with Crippen molar-refractivity contribution in [2.24, 2.45) is 7.05 Å². The molecule has 100 valence electrons. The van der Waals surface area contributed by atoms with Crippen molar-refractivity contribution < 1.29 is 0 Å². The number of nitrogens with zero attached hydrogens (tertiary/aromatic N) is 2. The van der Waals surface area contributed by atoms with Crippen LogP contribution in [0.15, 0.2) is 18.2 Å². The molecule has 0 unspecified atom stereocenters. The summed E-state index contributed by atoms with van der Waals surface area (Å²) in [6.45, 7) is 12.8. The van der Waals surface area contributed by atoms with Crippen molar-refractivity contribution >= 4 is 10.9 Å². The van der Waals surface area contributed by atoms with Gasteiger partial charge in [-0.1, -0.05) is 53.7 Å². The molecule has 2 aromatic rings. The van der Waals surface area contributed by atoms with Gasteiger partial charge in [-0.15, -0.1) is 0 Å². The molecular weight excluding hydrogens is 220 g/mol. The van der Waals surface area contributed by atoms with E-state index in [4.69, 9.17) is 0 Å². The zero-order chi connectivity index (χ0) is 13.9. The smallest absolute Gasteiger partial charge is 0.0728 e. The molecule has 0 atom stereocenters. The van der Waals surface area contributed by atoms with E-state index in [9.17, 15) is 0 Å². The lowest BCUT2D eigenvalue weighted by Gasteiger charge is -2.06. The number of benzene rings is 1. The highest BCUT2D eigenvalue weighted by atomic mass is 15.3. The van der Waals surface area contributed by atoms with Crippen LogP contribution in [0.4, 0.5) is 0 Å². The molecule has 0 aliphatic heterocycles. The number of rotatable bonds is 2. The predicted octanol–water partition coefficient (Wildman–Crippen LogP) is 4.85. The average molecular weight is 246 g/mol. The second-order valence-electron chi connectivity index (χ2n) is 5.09. The lowest BCUT2D eigenvalue weighted by atomic mass is 9.99. The monoisotopic (exact) mass is 246 g/mol. The zero-order valence-electron chi connectivity index (χ0n) is 12.8. The maximum atomic E-state index is 4.61. The molecule has 0 N–H and O–H groups in total. The van der Waals surface area contributed by atoms with Gasteiger partial charge in [0.1, 0.15) is 0 Å². The minimum atomic E-state index is 0.480. The number of aryl methyl sites for hydroxylation is 1. The van der Waals surface area contributed by atoms with Crippen LogP contribution in [-0.2, 0) is 7.05 Å². The van der Waals surface area contributed by atoms with Crippen LogP contribution in [0.25, 0.3) is 10.9 Å². The number of hydrogen-bond acceptors (Lipinski definition) is 1. The third kappa shape index (κ3) is 2.74. The molecule has 0 bridgehead atoms. The van der Waals surface area contributed by atoms with E-state index in [-0.39, 0.29) is 0 Å². The number of aromatic nitrogens is 2. The molecular formula is C16H26N2. The van der Waals surface area contributed by atoms with Crippen LogP contribution in [0.5, 0.6) is 0 Å². The van der Waals surface area contributed by atoms with Crippen molar-refractivity contribution in [1.29, 1.82) is 0 Å². The van der Waals surface area contributed by atoms with Crippen molar-refractivity contribution in [2.45, 2.75) is 53.4 Å². The van der Waals surface area contributed by atoms with Crippen LogP contribution in [0.3, 0.4) is 0 Å². The Morgan fingerprint density at radius 3 is 2.11 bits per heavy atom. The maximum Gasteiger partial charge on any atom is 0.0728 e. The predicted molar refractivity (Wildman–Crippen MR) is 80.2 cm³/mol. The third-order valence-electron chi connectivity index (χ3n) is 3.12. The molecule has 0 saturated heterocycles. The van der Waals surface area contributed by atoms with Gasteiger partial charge in [0, 0.05) is 12.4 Å². The van der Waals surface area contributed by atoms with E-state index in [0.717, 1.165) is 0 Å². The Morgan fingerprint density at radius 1 is 1.00 bits per heavy atom. The third-order valence-corrected chi connectivity index (χ3v) is 3.12. The van der Waals surface area contributed by atoms with Crippen molar-refractivity contribution in [3.05, 3.63) is 29.5 Å². The zero-order valence-corrected chi connectivity index (χ0v) is 12.8. The van der Waals surface area contributed by atoms with Crippen molar-refractivity contribution in [3.8, 4) is 0 Å². The molecule has 0 amide bonds. The minimum Gasteiger partial charge on any atom is -0.268 e. The fourth-order valence-electron chi connectivity index (χ4n) is 2.09. The summed E-state index contributed by atoms with van der Waals surface area (Å²) < 4.78 is 2.00. The second-order valence-corrected chi connectivity index (χ2v) is 5.09. The van der Waals surface area contributed by atoms with E-state index >= 15 is 0 Å². The summed E-state index contributed by atoms with van der Waals surface area (Å²) >= 11 is 0. The van der Waals surface area contributed by atoms with Crippen LogP contribution in [0.2, 0.25) is 0 Å². The lowest BCUT2D eigenvalue weighted by molar-refractivity contribution is 0.728. The molecule has 0 saturated carbocycles. The van der Waals surface area contributed by atoms with Crippen LogP contribution >= 0.6 is 0 Å². The summed E-state index contributed by atoms with van der Waals surface area (Å²) in [4.78, 5) is 0. The summed E-state index contributed by atoms with van der Waals surface area (Å²) in [5, 5.41) is 5.90. The van der Waals surface area contributed by atoms with Gasteiger partial charge in [-0.25, -0.2) is 0 Å². The normalized spacial score (nSPS) is 10.9. The van der Waals surface area contributed by atoms with Gasteiger partial charge in [-0.2, -0.15) is 5.10 Å². The quantitative estimate of drug-likeness (QED) is 0.741. The van der Waals surface area contributed by atoms with Crippen molar-refractivity contribution in [3.63, 3.8) is 0 Å². The fraction of sp³-hybridized carbons (Fsp3) is 0.562. The molecule has 2 heteroatoms. The van der Waals surface area contributed by atoms with Crippen LogP contribution < -0.4 is 0 Å². The highest BCUT2D eigenvalue weighted by molar-refractivity contribution is 5.83. The molecule has 1 aromatic heterocycles. The summed E-state index contributed by atoms with van der Waals surface area (Å²) in [7, 11) is 2.03. The Morgan fingerprint density at radius 2 is 1.61 bits per heavy atom. The molecule has 1 heterocycles. The van der Waals surface area contributed by atoms with E-state index < -0.39 is 0 Å². The standard InChI is InChI=1S/C14H20N2.C2H6/c1-9(2)11-6-7-12-13(8-11)16(5)15-14(12)10(3)4;1-2/h6-10H,1-5H3;1-2H3. The van der Waals surface area contributed by atoms with Gasteiger partial charge >= 0.3 is 0 Å². The van der Waals surface area contributed by atoms with Crippen molar-refractivity contribution in [2.75, 3.05) is 0 Å². The van der Waals surface area contributed by atoms with Crippen LogP contribution in [0.1, 0.15) is 64.6 Å². The minimum absolute atomic E-state index is 0.480. The molecule has 2 rings (SSSR count). The number of fused-ring (bicyclic) bond motifs is 1. The van der Waals surface area contributed by atoms with Gasteiger partial charge in [0.25, 0.3) is 0 Å². The Bertz CT molecular complexity index is 507. The summed E-state index contributed by atoms with van der Waals surface area (Å²) in [5.74, 6) is 1.05. The molecule has 0 spiro atoms. The largest absolute Gasteiger partial charge is 0.268 e. The van der Waals surface area contributed by atoms with E-state index in [1.165, 1.54) is 22.2 Å². The van der Waals surface area contributed by atoms with E-state index in [1.807, 2.05) is 25.6 Å².